The maximum atomic E-state index is 12.8. The number of nitrogens with one attached hydrogen (secondary N) is 1. The maximum Gasteiger partial charge on any atom is 0.343 e. The number of hydrogen-bond acceptors (Lipinski definition) is 4. The number of rotatable bonds is 2. The van der Waals surface area contributed by atoms with Gasteiger partial charge in [-0.05, 0) is 17.8 Å². The van der Waals surface area contributed by atoms with Crippen LogP contribution in [0.1, 0.15) is 0 Å². The third kappa shape index (κ3) is 2.07. The summed E-state index contributed by atoms with van der Waals surface area (Å²) in [5.41, 5.74) is -0.299. The lowest BCUT2D eigenvalue weighted by Gasteiger charge is -1.98. The Morgan fingerprint density at radius 2 is 2.40 bits per heavy atom. The average molecular weight is 226 g/mol. The molecule has 0 amide bonds. The first-order chi connectivity index (χ1) is 7.16. The van der Waals surface area contributed by atoms with E-state index in [9.17, 15) is 9.18 Å². The summed E-state index contributed by atoms with van der Waals surface area (Å²) >= 11 is 1.19. The van der Waals surface area contributed by atoms with Crippen LogP contribution >= 0.6 is 11.8 Å². The molecule has 5 nitrogen and oxygen atoms in total. The molecule has 0 atom stereocenters. The molecule has 2 aromatic heterocycles. The summed E-state index contributed by atoms with van der Waals surface area (Å²) in [6.45, 7) is 0. The Balaban J connectivity index is 2.29. The lowest BCUT2D eigenvalue weighted by Crippen LogP contribution is -2.12. The van der Waals surface area contributed by atoms with E-state index in [2.05, 4.69) is 15.2 Å². The van der Waals surface area contributed by atoms with Crippen LogP contribution in [-0.2, 0) is 7.05 Å². The first-order valence-electron chi connectivity index (χ1n) is 4.07. The van der Waals surface area contributed by atoms with Crippen molar-refractivity contribution >= 4 is 11.8 Å². The van der Waals surface area contributed by atoms with Crippen molar-refractivity contribution in [2.24, 2.45) is 7.05 Å². The molecule has 0 unspecified atom stereocenters. The van der Waals surface area contributed by atoms with Crippen molar-refractivity contribution < 1.29 is 4.39 Å². The average Bonchev–Trinajstić information content (AvgIpc) is 2.50. The van der Waals surface area contributed by atoms with Gasteiger partial charge in [0.1, 0.15) is 0 Å². The number of aromatic amines is 1. The fourth-order valence-electron chi connectivity index (χ4n) is 0.977. The van der Waals surface area contributed by atoms with E-state index in [1.807, 2.05) is 0 Å². The standard InChI is InChI=1S/C8H7FN4OS/c1-13-7(14)11-12-8(13)15-5-2-3-10-6(9)4-5/h2-4H,1H3,(H,11,14). The van der Waals surface area contributed by atoms with E-state index in [4.69, 9.17) is 0 Å². The SMILES string of the molecule is Cn1c(Sc2ccnc(F)c2)n[nH]c1=O. The highest BCUT2D eigenvalue weighted by molar-refractivity contribution is 7.99. The van der Waals surface area contributed by atoms with Crippen molar-refractivity contribution in [3.63, 3.8) is 0 Å². The second kappa shape index (κ2) is 3.85. The molecule has 0 fully saturated rings. The number of pyridine rings is 1. The summed E-state index contributed by atoms with van der Waals surface area (Å²) in [5, 5.41) is 6.56. The van der Waals surface area contributed by atoms with E-state index in [1.165, 1.54) is 28.6 Å². The fourth-order valence-corrected chi connectivity index (χ4v) is 1.78. The zero-order valence-corrected chi connectivity index (χ0v) is 8.58. The van der Waals surface area contributed by atoms with Gasteiger partial charge < -0.3 is 0 Å². The van der Waals surface area contributed by atoms with Crippen LogP contribution in [0.2, 0.25) is 0 Å². The molecule has 0 saturated carbocycles. The molecule has 0 spiro atoms. The molecule has 78 valence electrons. The third-order valence-electron chi connectivity index (χ3n) is 1.75. The summed E-state index contributed by atoms with van der Waals surface area (Å²) < 4.78 is 14.1. The Morgan fingerprint density at radius 3 is 3.00 bits per heavy atom. The Hall–Kier alpha value is -1.63. The van der Waals surface area contributed by atoms with Crippen molar-refractivity contribution in [2.45, 2.75) is 10.1 Å². The molecule has 0 bridgehead atoms. The van der Waals surface area contributed by atoms with Gasteiger partial charge in [-0.2, -0.15) is 4.39 Å². The fraction of sp³-hybridized carbons (Fsp3) is 0.125. The summed E-state index contributed by atoms with van der Waals surface area (Å²) in [6.07, 6.45) is 1.36. The normalized spacial score (nSPS) is 10.5. The van der Waals surface area contributed by atoms with Crippen LogP contribution in [0, 0.1) is 5.95 Å². The minimum atomic E-state index is -0.555. The van der Waals surface area contributed by atoms with Crippen LogP contribution in [0.15, 0.2) is 33.2 Å². The quantitative estimate of drug-likeness (QED) is 0.769. The number of nitrogens with zero attached hydrogens (tertiary/aromatic N) is 3. The summed E-state index contributed by atoms with van der Waals surface area (Å²) in [5.74, 6) is -0.555. The highest BCUT2D eigenvalue weighted by atomic mass is 32.2. The van der Waals surface area contributed by atoms with Gasteiger partial charge in [0.15, 0.2) is 5.16 Å². The molecular formula is C8H7FN4OS. The van der Waals surface area contributed by atoms with Gasteiger partial charge in [-0.3, -0.25) is 4.57 Å². The van der Waals surface area contributed by atoms with Gasteiger partial charge in [-0.1, -0.05) is 0 Å². The predicted molar refractivity (Wildman–Crippen MR) is 52.1 cm³/mol. The van der Waals surface area contributed by atoms with Gasteiger partial charge in [0.25, 0.3) is 0 Å². The van der Waals surface area contributed by atoms with E-state index >= 15 is 0 Å². The molecule has 0 aromatic carbocycles. The van der Waals surface area contributed by atoms with Gasteiger partial charge in [-0.15, -0.1) is 5.10 Å². The molecule has 0 aliphatic heterocycles. The predicted octanol–water partition coefficient (Wildman–Crippen LogP) is 0.794. The number of aromatic nitrogens is 4. The van der Waals surface area contributed by atoms with Crippen molar-refractivity contribution in [1.82, 2.24) is 19.7 Å². The minimum Gasteiger partial charge on any atom is -0.273 e. The van der Waals surface area contributed by atoms with Gasteiger partial charge in [0.05, 0.1) is 0 Å². The zero-order chi connectivity index (χ0) is 10.8. The monoisotopic (exact) mass is 226 g/mol. The van der Waals surface area contributed by atoms with Gasteiger partial charge in [0, 0.05) is 24.2 Å². The van der Waals surface area contributed by atoms with Crippen LogP contribution in [-0.4, -0.2) is 19.7 Å². The Labute approximate surface area is 88.4 Å². The lowest BCUT2D eigenvalue weighted by atomic mass is 10.5. The molecule has 2 aromatic rings. The van der Waals surface area contributed by atoms with E-state index < -0.39 is 5.95 Å². The van der Waals surface area contributed by atoms with Crippen molar-refractivity contribution in [2.75, 3.05) is 0 Å². The van der Waals surface area contributed by atoms with E-state index in [0.29, 0.717) is 10.1 Å². The second-order valence-corrected chi connectivity index (χ2v) is 3.83. The van der Waals surface area contributed by atoms with Crippen LogP contribution in [0.4, 0.5) is 4.39 Å². The molecule has 0 radical (unpaired) electrons. The minimum absolute atomic E-state index is 0.299. The largest absolute Gasteiger partial charge is 0.343 e. The Bertz CT molecular complexity index is 535. The number of halogens is 1. The topological polar surface area (TPSA) is 63.6 Å². The number of hydrogen-bond donors (Lipinski definition) is 1. The Morgan fingerprint density at radius 1 is 1.60 bits per heavy atom. The van der Waals surface area contributed by atoms with Gasteiger partial charge >= 0.3 is 5.69 Å². The summed E-state index contributed by atoms with van der Waals surface area (Å²) in [7, 11) is 1.59. The zero-order valence-electron chi connectivity index (χ0n) is 7.77. The van der Waals surface area contributed by atoms with E-state index in [1.54, 1.807) is 13.1 Å². The highest BCUT2D eigenvalue weighted by Gasteiger charge is 2.06. The second-order valence-electron chi connectivity index (χ2n) is 2.79. The molecule has 15 heavy (non-hydrogen) atoms. The molecule has 0 aliphatic rings. The van der Waals surface area contributed by atoms with Crippen LogP contribution in [0.5, 0.6) is 0 Å². The van der Waals surface area contributed by atoms with E-state index in [-0.39, 0.29) is 5.69 Å². The van der Waals surface area contributed by atoms with Crippen LogP contribution < -0.4 is 5.69 Å². The first kappa shape index (κ1) is 9.91. The van der Waals surface area contributed by atoms with Crippen molar-refractivity contribution in [3.05, 3.63) is 34.8 Å². The molecule has 2 rings (SSSR count). The summed E-state index contributed by atoms with van der Waals surface area (Å²) in [4.78, 5) is 15.1. The molecule has 0 saturated heterocycles. The maximum absolute atomic E-state index is 12.8. The third-order valence-corrected chi connectivity index (χ3v) is 2.78. The highest BCUT2D eigenvalue weighted by Crippen LogP contribution is 2.23. The first-order valence-corrected chi connectivity index (χ1v) is 4.89. The summed E-state index contributed by atoms with van der Waals surface area (Å²) in [6, 6.07) is 2.93. The number of H-pyrrole nitrogens is 1. The van der Waals surface area contributed by atoms with E-state index in [0.717, 1.165) is 0 Å². The van der Waals surface area contributed by atoms with Gasteiger partial charge in [0.2, 0.25) is 5.95 Å². The van der Waals surface area contributed by atoms with Gasteiger partial charge in [-0.25, -0.2) is 14.9 Å². The van der Waals surface area contributed by atoms with Crippen LogP contribution in [0.3, 0.4) is 0 Å². The smallest absolute Gasteiger partial charge is 0.273 e. The Kier molecular flexibility index (Phi) is 2.55. The molecule has 7 heteroatoms. The van der Waals surface area contributed by atoms with Crippen molar-refractivity contribution in [1.29, 1.82) is 0 Å². The van der Waals surface area contributed by atoms with Crippen molar-refractivity contribution in [3.8, 4) is 0 Å². The molecular weight excluding hydrogens is 219 g/mol. The van der Waals surface area contributed by atoms with Crippen LogP contribution in [0.25, 0.3) is 0 Å². The lowest BCUT2D eigenvalue weighted by molar-refractivity contribution is 0.579. The molecule has 0 aliphatic carbocycles. The molecule has 2 heterocycles. The molecule has 1 N–H and O–H groups in total.